The van der Waals surface area contributed by atoms with E-state index in [1.165, 1.54) is 21.8 Å². The SMILES string of the molecule is CC(C)CN(CC(=O)O)C(=O)c1cc2c(s1)CCC(C)C2. The smallest absolute Gasteiger partial charge is 0.323 e. The lowest BCUT2D eigenvalue weighted by Crippen LogP contribution is -2.37. The molecule has 2 rings (SSSR count). The molecule has 0 radical (unpaired) electrons. The zero-order valence-electron chi connectivity index (χ0n) is 12.9. The summed E-state index contributed by atoms with van der Waals surface area (Å²) in [6, 6.07) is 1.98. The molecule has 1 N–H and O–H groups in total. The van der Waals surface area contributed by atoms with E-state index in [1.54, 1.807) is 11.3 Å². The standard InChI is InChI=1S/C16H23NO3S/c1-10(2)8-17(9-15(18)19)16(20)14-7-12-6-11(3)4-5-13(12)21-14/h7,10-11H,4-6,8-9H2,1-3H3,(H,18,19). The van der Waals surface area contributed by atoms with E-state index >= 15 is 0 Å². The van der Waals surface area contributed by atoms with Gasteiger partial charge in [0.2, 0.25) is 0 Å². The fourth-order valence-corrected chi connectivity index (χ4v) is 3.97. The molecule has 1 heterocycles. The van der Waals surface area contributed by atoms with Crippen LogP contribution in [0, 0.1) is 11.8 Å². The van der Waals surface area contributed by atoms with Crippen molar-refractivity contribution in [3.8, 4) is 0 Å². The molecule has 1 aromatic rings. The first-order valence-corrected chi connectivity index (χ1v) is 8.31. The highest BCUT2D eigenvalue weighted by Crippen LogP contribution is 2.32. The lowest BCUT2D eigenvalue weighted by atomic mass is 9.90. The minimum absolute atomic E-state index is 0.141. The Morgan fingerprint density at radius 2 is 2.19 bits per heavy atom. The van der Waals surface area contributed by atoms with Gasteiger partial charge in [0.05, 0.1) is 4.88 Å². The molecule has 1 aromatic heterocycles. The Kier molecular flexibility index (Phi) is 5.04. The molecule has 116 valence electrons. The number of carboxylic acid groups (broad SMARTS) is 1. The van der Waals surface area contributed by atoms with E-state index in [4.69, 9.17) is 5.11 Å². The van der Waals surface area contributed by atoms with Crippen LogP contribution in [0.15, 0.2) is 6.07 Å². The Morgan fingerprint density at radius 3 is 2.81 bits per heavy atom. The maximum atomic E-state index is 12.6. The summed E-state index contributed by atoms with van der Waals surface area (Å²) < 4.78 is 0. The maximum Gasteiger partial charge on any atom is 0.323 e. The van der Waals surface area contributed by atoms with Crippen LogP contribution >= 0.6 is 11.3 Å². The van der Waals surface area contributed by atoms with E-state index < -0.39 is 5.97 Å². The van der Waals surface area contributed by atoms with Gasteiger partial charge in [0.15, 0.2) is 0 Å². The second kappa shape index (κ2) is 6.60. The number of nitrogens with zero attached hydrogens (tertiary/aromatic N) is 1. The summed E-state index contributed by atoms with van der Waals surface area (Å²) in [4.78, 5) is 27.0. The van der Waals surface area contributed by atoms with Gasteiger partial charge in [0.25, 0.3) is 5.91 Å². The van der Waals surface area contributed by atoms with Crippen LogP contribution in [-0.4, -0.2) is 35.0 Å². The highest BCUT2D eigenvalue weighted by Gasteiger charge is 2.25. The number of rotatable bonds is 5. The van der Waals surface area contributed by atoms with Crippen molar-refractivity contribution in [1.82, 2.24) is 4.90 Å². The van der Waals surface area contributed by atoms with E-state index in [0.717, 1.165) is 12.8 Å². The molecule has 1 unspecified atom stereocenters. The molecule has 0 bridgehead atoms. The van der Waals surface area contributed by atoms with Gasteiger partial charge >= 0.3 is 5.97 Å². The Hall–Kier alpha value is -1.36. The van der Waals surface area contributed by atoms with Gasteiger partial charge in [0, 0.05) is 11.4 Å². The summed E-state index contributed by atoms with van der Waals surface area (Å²) >= 11 is 1.54. The fourth-order valence-electron chi connectivity index (χ4n) is 2.79. The van der Waals surface area contributed by atoms with Crippen LogP contribution in [0.5, 0.6) is 0 Å². The van der Waals surface area contributed by atoms with Crippen molar-refractivity contribution in [2.75, 3.05) is 13.1 Å². The number of carbonyl (C=O) groups is 2. The first kappa shape index (κ1) is 16.0. The van der Waals surface area contributed by atoms with Crippen molar-refractivity contribution < 1.29 is 14.7 Å². The lowest BCUT2D eigenvalue weighted by Gasteiger charge is -2.22. The van der Waals surface area contributed by atoms with Crippen LogP contribution in [-0.2, 0) is 17.6 Å². The third-order valence-electron chi connectivity index (χ3n) is 3.74. The van der Waals surface area contributed by atoms with Crippen LogP contribution in [0.2, 0.25) is 0 Å². The minimum atomic E-state index is -0.959. The van der Waals surface area contributed by atoms with Crippen LogP contribution in [0.3, 0.4) is 0 Å². The number of amides is 1. The van der Waals surface area contributed by atoms with Gasteiger partial charge in [-0.15, -0.1) is 11.3 Å². The molecule has 1 aliphatic carbocycles. The summed E-state index contributed by atoms with van der Waals surface area (Å²) in [6.07, 6.45) is 3.24. The first-order chi connectivity index (χ1) is 9.86. The van der Waals surface area contributed by atoms with Gasteiger partial charge < -0.3 is 10.0 Å². The molecular weight excluding hydrogens is 286 g/mol. The molecule has 0 saturated carbocycles. The van der Waals surface area contributed by atoms with Gasteiger partial charge in [-0.1, -0.05) is 20.8 Å². The molecule has 1 aliphatic rings. The van der Waals surface area contributed by atoms with Gasteiger partial charge in [0.1, 0.15) is 6.54 Å². The Morgan fingerprint density at radius 1 is 1.48 bits per heavy atom. The molecule has 5 heteroatoms. The molecule has 4 nitrogen and oxygen atoms in total. The predicted molar refractivity (Wildman–Crippen MR) is 83.9 cm³/mol. The Balaban J connectivity index is 2.18. The maximum absolute atomic E-state index is 12.6. The predicted octanol–water partition coefficient (Wildman–Crippen LogP) is 3.06. The number of carboxylic acids is 1. The monoisotopic (exact) mass is 309 g/mol. The van der Waals surface area contributed by atoms with Gasteiger partial charge in [-0.05, 0) is 42.7 Å². The first-order valence-electron chi connectivity index (χ1n) is 7.49. The summed E-state index contributed by atoms with van der Waals surface area (Å²) in [5.41, 5.74) is 1.28. The summed E-state index contributed by atoms with van der Waals surface area (Å²) in [5, 5.41) is 9.00. The van der Waals surface area contributed by atoms with Gasteiger partial charge in [-0.3, -0.25) is 9.59 Å². The van der Waals surface area contributed by atoms with Crippen molar-refractivity contribution >= 4 is 23.2 Å². The zero-order valence-corrected chi connectivity index (χ0v) is 13.7. The molecule has 0 saturated heterocycles. The number of hydrogen-bond donors (Lipinski definition) is 1. The lowest BCUT2D eigenvalue weighted by molar-refractivity contribution is -0.137. The molecule has 1 atom stereocenters. The van der Waals surface area contributed by atoms with E-state index in [-0.39, 0.29) is 18.4 Å². The number of aliphatic carboxylic acids is 1. The van der Waals surface area contributed by atoms with Crippen LogP contribution in [0.1, 0.15) is 47.3 Å². The molecule has 0 fully saturated rings. The quantitative estimate of drug-likeness (QED) is 0.909. The average Bonchev–Trinajstić information content (AvgIpc) is 2.78. The average molecular weight is 309 g/mol. The number of hydrogen-bond acceptors (Lipinski definition) is 3. The normalized spacial score (nSPS) is 17.6. The minimum Gasteiger partial charge on any atom is -0.480 e. The topological polar surface area (TPSA) is 57.6 Å². The molecule has 0 aliphatic heterocycles. The molecule has 21 heavy (non-hydrogen) atoms. The summed E-state index contributed by atoms with van der Waals surface area (Å²) in [7, 11) is 0. The summed E-state index contributed by atoms with van der Waals surface area (Å²) in [6.45, 7) is 6.46. The second-order valence-corrected chi connectivity index (χ2v) is 7.52. The van der Waals surface area contributed by atoms with Crippen LogP contribution in [0.25, 0.3) is 0 Å². The van der Waals surface area contributed by atoms with E-state index in [1.807, 2.05) is 19.9 Å². The van der Waals surface area contributed by atoms with Gasteiger partial charge in [-0.2, -0.15) is 0 Å². The Bertz CT molecular complexity index is 536. The van der Waals surface area contributed by atoms with Crippen molar-refractivity contribution in [3.63, 3.8) is 0 Å². The van der Waals surface area contributed by atoms with E-state index in [2.05, 4.69) is 6.92 Å². The van der Waals surface area contributed by atoms with Crippen LogP contribution in [0.4, 0.5) is 0 Å². The number of thiophene rings is 1. The number of carbonyl (C=O) groups excluding carboxylic acids is 1. The molecule has 1 amide bonds. The molecular formula is C16H23NO3S. The molecule has 0 spiro atoms. The van der Waals surface area contributed by atoms with E-state index in [9.17, 15) is 9.59 Å². The summed E-state index contributed by atoms with van der Waals surface area (Å²) in [5.74, 6) is -0.180. The van der Waals surface area contributed by atoms with Crippen molar-refractivity contribution in [2.45, 2.75) is 40.0 Å². The van der Waals surface area contributed by atoms with Crippen molar-refractivity contribution in [2.24, 2.45) is 11.8 Å². The third-order valence-corrected chi connectivity index (χ3v) is 4.96. The van der Waals surface area contributed by atoms with Crippen molar-refractivity contribution in [3.05, 3.63) is 21.4 Å². The third kappa shape index (κ3) is 4.06. The Labute approximate surface area is 129 Å². The number of fused-ring (bicyclic) bond motifs is 1. The van der Waals surface area contributed by atoms with Crippen molar-refractivity contribution in [1.29, 1.82) is 0 Å². The van der Waals surface area contributed by atoms with Gasteiger partial charge in [-0.25, -0.2) is 0 Å². The highest BCUT2D eigenvalue weighted by molar-refractivity contribution is 7.14. The number of aryl methyl sites for hydroxylation is 1. The van der Waals surface area contributed by atoms with Crippen LogP contribution < -0.4 is 0 Å². The second-order valence-electron chi connectivity index (χ2n) is 6.38. The fraction of sp³-hybridized carbons (Fsp3) is 0.625. The zero-order chi connectivity index (χ0) is 15.6. The largest absolute Gasteiger partial charge is 0.480 e. The highest BCUT2D eigenvalue weighted by atomic mass is 32.1. The molecule has 0 aromatic carbocycles. The van der Waals surface area contributed by atoms with E-state index in [0.29, 0.717) is 17.3 Å².